The van der Waals surface area contributed by atoms with Crippen LogP contribution in [0.1, 0.15) is 47.5 Å². The molecule has 1 amide bonds. The average Bonchev–Trinajstić information content (AvgIpc) is 2.90. The highest BCUT2D eigenvalue weighted by atomic mass is 35.5. The monoisotopic (exact) mass is 297 g/mol. The Balaban J connectivity index is 2.72. The number of halogens is 1. The lowest BCUT2D eigenvalue weighted by molar-refractivity contribution is -0.384. The molecule has 0 unspecified atom stereocenters. The predicted molar refractivity (Wildman–Crippen MR) is 77.4 cm³/mol. The third-order valence-electron chi connectivity index (χ3n) is 3.76. The van der Waals surface area contributed by atoms with Crippen LogP contribution in [-0.4, -0.2) is 17.9 Å². The number of hydrogen-bond donors (Lipinski definition) is 2. The van der Waals surface area contributed by atoms with E-state index in [2.05, 4.69) is 5.32 Å². The van der Waals surface area contributed by atoms with Crippen LogP contribution in [0.3, 0.4) is 0 Å². The van der Waals surface area contributed by atoms with Crippen molar-refractivity contribution in [2.24, 2.45) is 5.73 Å². The highest BCUT2D eigenvalue weighted by Crippen LogP contribution is 2.46. The maximum absolute atomic E-state index is 11.5. The van der Waals surface area contributed by atoms with Gasteiger partial charge in [0.1, 0.15) is 5.69 Å². The molecule has 0 heterocycles. The quantitative estimate of drug-likeness (QED) is 0.659. The smallest absolute Gasteiger partial charge is 0.293 e. The van der Waals surface area contributed by atoms with Crippen molar-refractivity contribution >= 4 is 28.9 Å². The fourth-order valence-electron chi connectivity index (χ4n) is 2.85. The highest BCUT2D eigenvalue weighted by molar-refractivity contribution is 6.35. The summed E-state index contributed by atoms with van der Waals surface area (Å²) in [5.41, 5.74) is 6.16. The van der Waals surface area contributed by atoms with E-state index in [4.69, 9.17) is 17.3 Å². The Morgan fingerprint density at radius 2 is 2.10 bits per heavy atom. The number of nitrogens with zero attached hydrogens (tertiary/aromatic N) is 1. The van der Waals surface area contributed by atoms with Crippen molar-refractivity contribution in [3.8, 4) is 0 Å². The van der Waals surface area contributed by atoms with Gasteiger partial charge in [-0.2, -0.15) is 0 Å². The van der Waals surface area contributed by atoms with Gasteiger partial charge in [-0.05, 0) is 18.8 Å². The predicted octanol–water partition coefficient (Wildman–Crippen LogP) is 3.05. The normalized spacial score (nSPS) is 15.3. The number of nitrogens with two attached hydrogens (primary N) is 1. The van der Waals surface area contributed by atoms with Gasteiger partial charge in [-0.3, -0.25) is 14.9 Å². The van der Waals surface area contributed by atoms with Crippen LogP contribution in [0.2, 0.25) is 5.02 Å². The Morgan fingerprint density at radius 1 is 1.50 bits per heavy atom. The van der Waals surface area contributed by atoms with Crippen LogP contribution in [0.25, 0.3) is 0 Å². The third-order valence-corrected chi connectivity index (χ3v) is 4.16. The van der Waals surface area contributed by atoms with Gasteiger partial charge in [0.15, 0.2) is 0 Å². The molecule has 0 atom stereocenters. The number of hydrogen-bond acceptors (Lipinski definition) is 4. The number of nitro groups is 1. The fraction of sp³-hybridized carbons (Fsp3) is 0.462. The maximum atomic E-state index is 11.5. The minimum Gasteiger partial charge on any atom is -0.382 e. The summed E-state index contributed by atoms with van der Waals surface area (Å²) >= 11 is 6.28. The van der Waals surface area contributed by atoms with Gasteiger partial charge in [0.25, 0.3) is 5.69 Å². The van der Waals surface area contributed by atoms with Gasteiger partial charge in [-0.25, -0.2) is 0 Å². The standard InChI is InChI=1S/C13H16ClN3O3/c1-16-12-9(17(19)20)6-8(13(15)18)11(14)10(12)7-4-2-3-5-7/h6-7,16H,2-5H2,1H3,(H2,15,18). The zero-order chi connectivity index (χ0) is 14.9. The van der Waals surface area contributed by atoms with E-state index in [-0.39, 0.29) is 22.2 Å². The summed E-state index contributed by atoms with van der Waals surface area (Å²) in [6, 6.07) is 1.15. The maximum Gasteiger partial charge on any atom is 0.293 e. The SMILES string of the molecule is CNc1c([N+](=O)[O-])cc(C(N)=O)c(Cl)c1C1CCCC1. The molecule has 0 bridgehead atoms. The molecular formula is C13H16ClN3O3. The van der Waals surface area contributed by atoms with Crippen LogP contribution < -0.4 is 11.1 Å². The number of carbonyl (C=O) groups is 1. The van der Waals surface area contributed by atoms with E-state index >= 15 is 0 Å². The van der Waals surface area contributed by atoms with Crippen molar-refractivity contribution in [3.63, 3.8) is 0 Å². The van der Waals surface area contributed by atoms with Gasteiger partial charge in [0.2, 0.25) is 5.91 Å². The number of amides is 1. The number of primary amides is 1. The minimum atomic E-state index is -0.750. The summed E-state index contributed by atoms with van der Waals surface area (Å²) in [7, 11) is 1.61. The zero-order valence-corrected chi connectivity index (χ0v) is 11.9. The first kappa shape index (κ1) is 14.6. The Kier molecular flexibility index (Phi) is 4.13. The van der Waals surface area contributed by atoms with E-state index in [0.29, 0.717) is 11.3 Å². The molecule has 1 aliphatic carbocycles. The van der Waals surface area contributed by atoms with Gasteiger partial charge in [0.05, 0.1) is 15.5 Å². The summed E-state index contributed by atoms with van der Waals surface area (Å²) in [4.78, 5) is 22.1. The van der Waals surface area contributed by atoms with E-state index in [9.17, 15) is 14.9 Å². The van der Waals surface area contributed by atoms with Gasteiger partial charge in [0, 0.05) is 18.7 Å². The van der Waals surface area contributed by atoms with E-state index in [1.807, 2.05) is 0 Å². The van der Waals surface area contributed by atoms with E-state index in [1.54, 1.807) is 7.05 Å². The lowest BCUT2D eigenvalue weighted by Crippen LogP contribution is -2.15. The van der Waals surface area contributed by atoms with Crippen molar-refractivity contribution in [1.29, 1.82) is 0 Å². The third kappa shape index (κ3) is 2.43. The number of nitrogens with one attached hydrogen (secondary N) is 1. The van der Waals surface area contributed by atoms with Crippen LogP contribution in [0.5, 0.6) is 0 Å². The van der Waals surface area contributed by atoms with Crippen molar-refractivity contribution in [1.82, 2.24) is 0 Å². The molecule has 20 heavy (non-hydrogen) atoms. The number of rotatable bonds is 4. The summed E-state index contributed by atoms with van der Waals surface area (Å²) in [5, 5.41) is 14.3. The van der Waals surface area contributed by atoms with Crippen molar-refractivity contribution < 1.29 is 9.72 Å². The van der Waals surface area contributed by atoms with Crippen LogP contribution in [0.15, 0.2) is 6.07 Å². The van der Waals surface area contributed by atoms with Crippen LogP contribution in [0, 0.1) is 10.1 Å². The molecule has 0 radical (unpaired) electrons. The Hall–Kier alpha value is -1.82. The van der Waals surface area contributed by atoms with Gasteiger partial charge >= 0.3 is 0 Å². The van der Waals surface area contributed by atoms with E-state index in [0.717, 1.165) is 31.7 Å². The molecule has 1 fully saturated rings. The molecule has 1 aromatic rings. The van der Waals surface area contributed by atoms with Crippen LogP contribution >= 0.6 is 11.6 Å². The summed E-state index contributed by atoms with van der Waals surface area (Å²) in [6.45, 7) is 0. The number of anilines is 1. The van der Waals surface area contributed by atoms with E-state index in [1.165, 1.54) is 0 Å². The molecule has 2 rings (SSSR count). The Morgan fingerprint density at radius 3 is 2.55 bits per heavy atom. The molecule has 7 heteroatoms. The number of nitro benzene ring substituents is 1. The molecule has 0 spiro atoms. The number of benzene rings is 1. The van der Waals surface area contributed by atoms with E-state index < -0.39 is 10.8 Å². The topological polar surface area (TPSA) is 98.3 Å². The molecule has 108 valence electrons. The number of carbonyl (C=O) groups excluding carboxylic acids is 1. The lowest BCUT2D eigenvalue weighted by atomic mass is 9.92. The lowest BCUT2D eigenvalue weighted by Gasteiger charge is -2.18. The largest absolute Gasteiger partial charge is 0.382 e. The van der Waals surface area contributed by atoms with Crippen LogP contribution in [-0.2, 0) is 0 Å². The molecule has 1 aromatic carbocycles. The second-order valence-corrected chi connectivity index (χ2v) is 5.28. The Bertz CT molecular complexity index is 568. The van der Waals surface area contributed by atoms with Crippen molar-refractivity contribution in [3.05, 3.63) is 32.3 Å². The first-order valence-electron chi connectivity index (χ1n) is 6.45. The zero-order valence-electron chi connectivity index (χ0n) is 11.1. The second-order valence-electron chi connectivity index (χ2n) is 4.90. The second kappa shape index (κ2) is 5.66. The molecule has 6 nitrogen and oxygen atoms in total. The molecule has 0 aromatic heterocycles. The first-order chi connectivity index (χ1) is 9.47. The van der Waals surface area contributed by atoms with Crippen molar-refractivity contribution in [2.45, 2.75) is 31.6 Å². The molecular weight excluding hydrogens is 282 g/mol. The molecule has 1 aliphatic rings. The molecule has 0 saturated heterocycles. The molecule has 1 saturated carbocycles. The van der Waals surface area contributed by atoms with Gasteiger partial charge in [-0.15, -0.1) is 0 Å². The first-order valence-corrected chi connectivity index (χ1v) is 6.83. The average molecular weight is 298 g/mol. The summed E-state index contributed by atoms with van der Waals surface area (Å²) < 4.78 is 0. The Labute approximate surface area is 121 Å². The molecule has 0 aliphatic heterocycles. The van der Waals surface area contributed by atoms with Crippen molar-refractivity contribution in [2.75, 3.05) is 12.4 Å². The van der Waals surface area contributed by atoms with Crippen LogP contribution in [0.4, 0.5) is 11.4 Å². The fourth-order valence-corrected chi connectivity index (χ4v) is 3.25. The summed E-state index contributed by atoms with van der Waals surface area (Å²) in [5.74, 6) is -0.622. The highest BCUT2D eigenvalue weighted by Gasteiger charge is 2.30. The molecule has 3 N–H and O–H groups in total. The minimum absolute atomic E-state index is 0.0132. The van der Waals surface area contributed by atoms with Gasteiger partial charge in [-0.1, -0.05) is 24.4 Å². The van der Waals surface area contributed by atoms with Gasteiger partial charge < -0.3 is 11.1 Å². The summed E-state index contributed by atoms with van der Waals surface area (Å²) in [6.07, 6.45) is 3.93.